The smallest absolute Gasteiger partial charge is 0.0588 e. The van der Waals surface area contributed by atoms with Crippen molar-refractivity contribution in [1.82, 2.24) is 0 Å². The Morgan fingerprint density at radius 1 is 1.21 bits per heavy atom. The molecule has 106 valence electrons. The highest BCUT2D eigenvalue weighted by atomic mass is 79.9. The Balaban J connectivity index is 2.19. The molecular formula is C15H19Br2ClO. The van der Waals surface area contributed by atoms with Crippen LogP contribution in [0.3, 0.4) is 0 Å². The van der Waals surface area contributed by atoms with Gasteiger partial charge in [0.15, 0.2) is 0 Å². The molecule has 0 spiro atoms. The van der Waals surface area contributed by atoms with E-state index in [-0.39, 0.29) is 5.41 Å². The summed E-state index contributed by atoms with van der Waals surface area (Å²) in [7, 11) is 0. The van der Waals surface area contributed by atoms with Gasteiger partial charge in [0.2, 0.25) is 0 Å². The Kier molecular flexibility index (Phi) is 5.77. The van der Waals surface area contributed by atoms with Crippen LogP contribution in [0, 0.1) is 0 Å². The fraction of sp³-hybridized carbons (Fsp3) is 0.600. The summed E-state index contributed by atoms with van der Waals surface area (Å²) < 4.78 is 6.00. The summed E-state index contributed by atoms with van der Waals surface area (Å²) in [4.78, 5) is 0. The number of alkyl halides is 2. The number of ether oxygens (including phenoxy) is 1. The lowest BCUT2D eigenvalue weighted by Crippen LogP contribution is -2.34. The van der Waals surface area contributed by atoms with E-state index in [0.29, 0.717) is 12.2 Å². The van der Waals surface area contributed by atoms with E-state index in [4.69, 9.17) is 16.3 Å². The first-order chi connectivity index (χ1) is 9.09. The molecule has 1 saturated heterocycles. The maximum Gasteiger partial charge on any atom is 0.0588 e. The van der Waals surface area contributed by atoms with E-state index in [1.807, 2.05) is 12.1 Å². The van der Waals surface area contributed by atoms with Gasteiger partial charge in [0.05, 0.1) is 12.2 Å². The monoisotopic (exact) mass is 408 g/mol. The van der Waals surface area contributed by atoms with Gasteiger partial charge in [-0.15, -0.1) is 0 Å². The lowest BCUT2D eigenvalue weighted by molar-refractivity contribution is 0.0405. The van der Waals surface area contributed by atoms with Crippen molar-refractivity contribution in [3.05, 3.63) is 34.9 Å². The second-order valence-electron chi connectivity index (χ2n) is 5.40. The molecule has 4 heteroatoms. The number of hydrogen-bond acceptors (Lipinski definition) is 1. The van der Waals surface area contributed by atoms with Crippen molar-refractivity contribution in [3.8, 4) is 0 Å². The highest BCUT2D eigenvalue weighted by molar-refractivity contribution is 9.09. The van der Waals surface area contributed by atoms with Gasteiger partial charge >= 0.3 is 0 Å². The molecule has 0 bridgehead atoms. The van der Waals surface area contributed by atoms with Crippen molar-refractivity contribution >= 4 is 43.5 Å². The summed E-state index contributed by atoms with van der Waals surface area (Å²) in [5.41, 5.74) is 1.38. The normalized spacial score (nSPS) is 23.8. The van der Waals surface area contributed by atoms with E-state index in [2.05, 4.69) is 50.9 Å². The van der Waals surface area contributed by atoms with Gasteiger partial charge in [-0.25, -0.2) is 0 Å². The maximum atomic E-state index is 6.00. The fourth-order valence-corrected chi connectivity index (χ4v) is 4.85. The van der Waals surface area contributed by atoms with Gasteiger partial charge < -0.3 is 4.74 Å². The zero-order chi connectivity index (χ0) is 13.9. The van der Waals surface area contributed by atoms with Gasteiger partial charge in [0.1, 0.15) is 0 Å². The largest absolute Gasteiger partial charge is 0.375 e. The second-order valence-corrected chi connectivity index (χ2v) is 6.96. The summed E-state index contributed by atoms with van der Waals surface area (Å²) in [6, 6.07) is 8.19. The van der Waals surface area contributed by atoms with Crippen molar-refractivity contribution in [2.45, 2.75) is 43.8 Å². The number of rotatable bonds is 5. The van der Waals surface area contributed by atoms with Crippen molar-refractivity contribution in [2.24, 2.45) is 0 Å². The lowest BCUT2D eigenvalue weighted by Gasteiger charge is -2.33. The molecule has 1 aromatic rings. The predicted molar refractivity (Wildman–Crippen MR) is 88.9 cm³/mol. The minimum atomic E-state index is 0.0688. The van der Waals surface area contributed by atoms with Crippen molar-refractivity contribution in [3.63, 3.8) is 0 Å². The zero-order valence-electron chi connectivity index (χ0n) is 11.0. The number of hydrogen-bond donors (Lipinski definition) is 0. The van der Waals surface area contributed by atoms with Crippen LogP contribution < -0.4 is 0 Å². The van der Waals surface area contributed by atoms with Crippen LogP contribution in [-0.2, 0) is 10.2 Å². The van der Waals surface area contributed by atoms with Crippen LogP contribution in [0.1, 0.15) is 31.7 Å². The standard InChI is InChI=1S/C15H19Br2ClO/c1-11-2-7-14(19-11)8-15(9-16,10-17)12-3-5-13(18)6-4-12/h3-6,11,14H,2,7-10H2,1H3. The van der Waals surface area contributed by atoms with Crippen molar-refractivity contribution in [2.75, 3.05) is 10.7 Å². The van der Waals surface area contributed by atoms with E-state index in [0.717, 1.165) is 28.5 Å². The van der Waals surface area contributed by atoms with E-state index in [1.54, 1.807) is 0 Å². The van der Waals surface area contributed by atoms with Gasteiger partial charge in [-0.2, -0.15) is 0 Å². The zero-order valence-corrected chi connectivity index (χ0v) is 15.0. The first-order valence-corrected chi connectivity index (χ1v) is 9.25. The first kappa shape index (κ1) is 15.8. The molecule has 2 unspecified atom stereocenters. The molecule has 1 aliphatic rings. The highest BCUT2D eigenvalue weighted by Gasteiger charge is 2.36. The Labute approximate surface area is 137 Å². The summed E-state index contributed by atoms with van der Waals surface area (Å²) in [6.45, 7) is 2.16. The molecule has 1 fully saturated rings. The molecule has 1 aliphatic heterocycles. The lowest BCUT2D eigenvalue weighted by atomic mass is 9.79. The SMILES string of the molecule is CC1CCC(CC(CBr)(CBr)c2ccc(Cl)cc2)O1. The number of halogens is 3. The molecule has 19 heavy (non-hydrogen) atoms. The van der Waals surface area contributed by atoms with Crippen molar-refractivity contribution < 1.29 is 4.74 Å². The van der Waals surface area contributed by atoms with Crippen LogP contribution in [0.5, 0.6) is 0 Å². The van der Waals surface area contributed by atoms with Gasteiger partial charge in [0, 0.05) is 21.1 Å². The van der Waals surface area contributed by atoms with E-state index < -0.39 is 0 Å². The molecule has 0 saturated carbocycles. The van der Waals surface area contributed by atoms with Gasteiger partial charge in [-0.3, -0.25) is 0 Å². The third-order valence-electron chi connectivity index (χ3n) is 3.91. The third kappa shape index (κ3) is 3.75. The molecule has 0 aromatic heterocycles. The van der Waals surface area contributed by atoms with Gasteiger partial charge in [-0.1, -0.05) is 55.6 Å². The van der Waals surface area contributed by atoms with E-state index in [1.165, 1.54) is 12.0 Å². The van der Waals surface area contributed by atoms with Crippen LogP contribution in [-0.4, -0.2) is 22.9 Å². The van der Waals surface area contributed by atoms with E-state index >= 15 is 0 Å². The third-order valence-corrected chi connectivity index (χ3v) is 6.31. The van der Waals surface area contributed by atoms with Crippen LogP contribution in [0.4, 0.5) is 0 Å². The summed E-state index contributed by atoms with van der Waals surface area (Å²) in [5.74, 6) is 0. The van der Waals surface area contributed by atoms with Gasteiger partial charge in [0.25, 0.3) is 0 Å². The first-order valence-electron chi connectivity index (χ1n) is 6.63. The Bertz CT molecular complexity index is 403. The van der Waals surface area contributed by atoms with Crippen LogP contribution in [0.15, 0.2) is 24.3 Å². The Morgan fingerprint density at radius 2 is 1.84 bits per heavy atom. The molecule has 0 aliphatic carbocycles. The van der Waals surface area contributed by atoms with Crippen LogP contribution in [0.25, 0.3) is 0 Å². The van der Waals surface area contributed by atoms with Crippen LogP contribution >= 0.6 is 43.5 Å². The minimum absolute atomic E-state index is 0.0688. The quantitative estimate of drug-likeness (QED) is 0.597. The second kappa shape index (κ2) is 6.93. The average molecular weight is 411 g/mol. The van der Waals surface area contributed by atoms with Crippen molar-refractivity contribution in [1.29, 1.82) is 0 Å². The molecule has 1 heterocycles. The Hall–Kier alpha value is 0.430. The summed E-state index contributed by atoms with van der Waals surface area (Å²) >= 11 is 13.4. The number of benzene rings is 1. The maximum absolute atomic E-state index is 6.00. The summed E-state index contributed by atoms with van der Waals surface area (Å²) in [5, 5.41) is 2.62. The Morgan fingerprint density at radius 3 is 2.32 bits per heavy atom. The fourth-order valence-electron chi connectivity index (χ4n) is 2.69. The summed E-state index contributed by atoms with van der Waals surface area (Å²) in [6.07, 6.45) is 4.14. The predicted octanol–water partition coefficient (Wildman–Crippen LogP) is 5.33. The van der Waals surface area contributed by atoms with Gasteiger partial charge in [-0.05, 0) is 43.9 Å². The molecule has 2 atom stereocenters. The molecule has 0 radical (unpaired) electrons. The van der Waals surface area contributed by atoms with E-state index in [9.17, 15) is 0 Å². The highest BCUT2D eigenvalue weighted by Crippen LogP contribution is 2.38. The molecule has 2 rings (SSSR count). The topological polar surface area (TPSA) is 9.23 Å². The molecule has 1 aromatic carbocycles. The molecular weight excluding hydrogens is 391 g/mol. The minimum Gasteiger partial charge on any atom is -0.375 e. The molecule has 0 N–H and O–H groups in total. The van der Waals surface area contributed by atoms with Crippen LogP contribution in [0.2, 0.25) is 5.02 Å². The molecule has 1 nitrogen and oxygen atoms in total. The average Bonchev–Trinajstić information content (AvgIpc) is 2.82. The molecule has 0 amide bonds.